The monoisotopic (exact) mass is 492 g/mol. The van der Waals surface area contributed by atoms with Gasteiger partial charge in [0.05, 0.1) is 17.2 Å². The average molecular weight is 493 g/mol. The van der Waals surface area contributed by atoms with Crippen molar-refractivity contribution in [3.63, 3.8) is 0 Å². The molecule has 9 heteroatoms. The number of benzene rings is 3. The molecule has 0 aliphatic heterocycles. The van der Waals surface area contributed by atoms with Gasteiger partial charge in [-0.3, -0.25) is 9.10 Å². The van der Waals surface area contributed by atoms with Crippen LogP contribution in [0.3, 0.4) is 0 Å². The van der Waals surface area contributed by atoms with Crippen LogP contribution in [-0.4, -0.2) is 27.5 Å². The Kier molecular flexibility index (Phi) is 7.66. The first-order valence-electron chi connectivity index (χ1n) is 9.78. The number of hydrogen-bond acceptors (Lipinski definition) is 4. The second-order valence-corrected chi connectivity index (χ2v) is 9.64. The molecule has 3 rings (SSSR count). The van der Waals surface area contributed by atoms with Gasteiger partial charge < -0.3 is 10.1 Å². The molecule has 0 aromatic heterocycles. The van der Waals surface area contributed by atoms with Crippen molar-refractivity contribution < 1.29 is 17.9 Å². The zero-order chi connectivity index (χ0) is 23.3. The minimum atomic E-state index is -4.05. The molecule has 0 aliphatic rings. The molecule has 0 heterocycles. The third-order valence-electron chi connectivity index (χ3n) is 4.60. The summed E-state index contributed by atoms with van der Waals surface area (Å²) in [5, 5.41) is 3.61. The van der Waals surface area contributed by atoms with Crippen LogP contribution >= 0.6 is 23.2 Å². The standard InChI is InChI=1S/C23H22Cl2N2O4S/c1-3-31-20-10-8-19(9-11-20)27(32(29,30)21-12-6-17(24)7-13-21)15-23(28)26-22-14-18(25)5-4-16(22)2/h4-14H,3,15H2,1-2H3,(H,26,28). The van der Waals surface area contributed by atoms with Gasteiger partial charge in [0.2, 0.25) is 5.91 Å². The van der Waals surface area contributed by atoms with Crippen LogP contribution in [0, 0.1) is 6.92 Å². The topological polar surface area (TPSA) is 75.7 Å². The van der Waals surface area contributed by atoms with Crippen molar-refractivity contribution in [1.29, 1.82) is 0 Å². The van der Waals surface area contributed by atoms with Crippen molar-refractivity contribution in [2.75, 3.05) is 22.8 Å². The summed E-state index contributed by atoms with van der Waals surface area (Å²) in [6.45, 7) is 3.71. The lowest BCUT2D eigenvalue weighted by Crippen LogP contribution is -2.38. The molecular weight excluding hydrogens is 471 g/mol. The summed E-state index contributed by atoms with van der Waals surface area (Å²) in [5.74, 6) is 0.0842. The Bertz CT molecular complexity index is 1200. The number of sulfonamides is 1. The van der Waals surface area contributed by atoms with Gasteiger partial charge in [-0.1, -0.05) is 29.3 Å². The van der Waals surface area contributed by atoms with E-state index in [-0.39, 0.29) is 4.90 Å². The van der Waals surface area contributed by atoms with Crippen LogP contribution in [0.4, 0.5) is 11.4 Å². The maximum atomic E-state index is 13.4. The third-order valence-corrected chi connectivity index (χ3v) is 6.87. The number of halogens is 2. The van der Waals surface area contributed by atoms with E-state index in [2.05, 4.69) is 5.32 Å². The molecule has 6 nitrogen and oxygen atoms in total. The van der Waals surface area contributed by atoms with Crippen molar-refractivity contribution in [3.8, 4) is 5.75 Å². The third kappa shape index (κ3) is 5.73. The smallest absolute Gasteiger partial charge is 0.264 e. The number of hydrogen-bond donors (Lipinski definition) is 1. The summed E-state index contributed by atoms with van der Waals surface area (Å²) in [7, 11) is -4.05. The molecule has 0 radical (unpaired) electrons. The number of nitrogens with one attached hydrogen (secondary N) is 1. The minimum absolute atomic E-state index is 0.0162. The van der Waals surface area contributed by atoms with Gasteiger partial charge in [-0.2, -0.15) is 0 Å². The van der Waals surface area contributed by atoms with Crippen LogP contribution in [0.15, 0.2) is 71.6 Å². The molecule has 0 spiro atoms. The van der Waals surface area contributed by atoms with Crippen LogP contribution in [-0.2, 0) is 14.8 Å². The number of ether oxygens (including phenoxy) is 1. The molecule has 0 atom stereocenters. The minimum Gasteiger partial charge on any atom is -0.494 e. The van der Waals surface area contributed by atoms with Crippen molar-refractivity contribution in [1.82, 2.24) is 0 Å². The lowest BCUT2D eigenvalue weighted by atomic mass is 10.2. The Labute approximate surface area is 197 Å². The number of anilines is 2. The van der Waals surface area contributed by atoms with Crippen molar-refractivity contribution in [2.45, 2.75) is 18.7 Å². The molecule has 3 aromatic carbocycles. The zero-order valence-corrected chi connectivity index (χ0v) is 19.8. The van der Waals surface area contributed by atoms with Crippen molar-refractivity contribution in [2.24, 2.45) is 0 Å². The SMILES string of the molecule is CCOc1ccc(N(CC(=O)Nc2cc(Cl)ccc2C)S(=O)(=O)c2ccc(Cl)cc2)cc1. The normalized spacial score (nSPS) is 11.1. The molecule has 0 saturated heterocycles. The lowest BCUT2D eigenvalue weighted by molar-refractivity contribution is -0.114. The van der Waals surface area contributed by atoms with Gasteiger partial charge in [-0.05, 0) is 80.1 Å². The molecule has 168 valence electrons. The van der Waals surface area contributed by atoms with Gasteiger partial charge >= 0.3 is 0 Å². The number of rotatable bonds is 8. The summed E-state index contributed by atoms with van der Waals surface area (Å²) in [5.41, 5.74) is 1.63. The largest absolute Gasteiger partial charge is 0.494 e. The highest BCUT2D eigenvalue weighted by Crippen LogP contribution is 2.27. The van der Waals surface area contributed by atoms with Crippen LogP contribution in [0.2, 0.25) is 10.0 Å². The Morgan fingerprint density at radius 1 is 0.969 bits per heavy atom. The van der Waals surface area contributed by atoms with Crippen LogP contribution in [0.1, 0.15) is 12.5 Å². The van der Waals surface area contributed by atoms with Crippen LogP contribution in [0.25, 0.3) is 0 Å². The van der Waals surface area contributed by atoms with E-state index in [1.54, 1.807) is 42.5 Å². The predicted octanol–water partition coefficient (Wildman–Crippen LogP) is 5.53. The second kappa shape index (κ2) is 10.3. The van der Waals surface area contributed by atoms with E-state index < -0.39 is 22.5 Å². The Morgan fingerprint density at radius 2 is 1.59 bits per heavy atom. The maximum absolute atomic E-state index is 13.4. The Hall–Kier alpha value is -2.74. The molecule has 0 saturated carbocycles. The van der Waals surface area contributed by atoms with E-state index in [1.165, 1.54) is 24.3 Å². The summed E-state index contributed by atoms with van der Waals surface area (Å²) in [6.07, 6.45) is 0. The highest BCUT2D eigenvalue weighted by molar-refractivity contribution is 7.92. The van der Waals surface area contributed by atoms with Crippen LogP contribution in [0.5, 0.6) is 5.75 Å². The fraction of sp³-hybridized carbons (Fsp3) is 0.174. The molecule has 0 bridgehead atoms. The fourth-order valence-corrected chi connectivity index (χ4v) is 4.69. The quantitative estimate of drug-likeness (QED) is 0.448. The molecular formula is C23H22Cl2N2O4S. The first-order chi connectivity index (χ1) is 15.2. The van der Waals surface area contributed by atoms with E-state index in [4.69, 9.17) is 27.9 Å². The fourth-order valence-electron chi connectivity index (χ4n) is 2.97. The van der Waals surface area contributed by atoms with Crippen LogP contribution < -0.4 is 14.4 Å². The lowest BCUT2D eigenvalue weighted by Gasteiger charge is -2.24. The molecule has 1 amide bonds. The van der Waals surface area contributed by atoms with Gasteiger partial charge in [-0.15, -0.1) is 0 Å². The second-order valence-electron chi connectivity index (χ2n) is 6.90. The highest BCUT2D eigenvalue weighted by Gasteiger charge is 2.27. The highest BCUT2D eigenvalue weighted by atomic mass is 35.5. The number of amides is 1. The van der Waals surface area contributed by atoms with E-state index >= 15 is 0 Å². The molecule has 0 unspecified atom stereocenters. The number of carbonyl (C=O) groups is 1. The van der Waals surface area contributed by atoms with Crippen molar-refractivity contribution in [3.05, 3.63) is 82.3 Å². The summed E-state index contributed by atoms with van der Waals surface area (Å²) >= 11 is 11.9. The Balaban J connectivity index is 1.95. The van der Waals surface area contributed by atoms with Gasteiger partial charge in [0.15, 0.2) is 0 Å². The number of nitrogens with zero attached hydrogens (tertiary/aromatic N) is 1. The molecule has 3 aromatic rings. The zero-order valence-electron chi connectivity index (χ0n) is 17.5. The Morgan fingerprint density at radius 3 is 2.22 bits per heavy atom. The summed E-state index contributed by atoms with van der Waals surface area (Å²) in [6, 6.07) is 17.4. The predicted molar refractivity (Wildman–Crippen MR) is 128 cm³/mol. The molecule has 1 N–H and O–H groups in total. The van der Waals surface area contributed by atoms with Gasteiger partial charge in [-0.25, -0.2) is 8.42 Å². The maximum Gasteiger partial charge on any atom is 0.264 e. The number of carbonyl (C=O) groups excluding carboxylic acids is 1. The molecule has 0 aliphatic carbocycles. The molecule has 32 heavy (non-hydrogen) atoms. The van der Waals surface area contributed by atoms with Gasteiger partial charge in [0.25, 0.3) is 10.0 Å². The first kappa shape index (κ1) is 23.9. The molecule has 0 fully saturated rings. The van der Waals surface area contributed by atoms with Crippen molar-refractivity contribution >= 4 is 50.5 Å². The average Bonchev–Trinajstić information content (AvgIpc) is 2.76. The van der Waals surface area contributed by atoms with E-state index in [1.807, 2.05) is 13.8 Å². The summed E-state index contributed by atoms with van der Waals surface area (Å²) in [4.78, 5) is 12.9. The van der Waals surface area contributed by atoms with Gasteiger partial charge in [0.1, 0.15) is 12.3 Å². The van der Waals surface area contributed by atoms with E-state index in [9.17, 15) is 13.2 Å². The van der Waals surface area contributed by atoms with E-state index in [0.717, 1.165) is 9.87 Å². The first-order valence-corrected chi connectivity index (χ1v) is 12.0. The van der Waals surface area contributed by atoms with Gasteiger partial charge in [0, 0.05) is 15.7 Å². The number of aryl methyl sites for hydroxylation is 1. The van der Waals surface area contributed by atoms with E-state index in [0.29, 0.717) is 33.8 Å². The summed E-state index contributed by atoms with van der Waals surface area (Å²) < 4.78 is 33.3.